The van der Waals surface area contributed by atoms with Crippen LogP contribution >= 0.6 is 15.6 Å². The molecule has 0 amide bonds. The fourth-order valence-corrected chi connectivity index (χ4v) is 14.0. The zero-order valence-corrected chi connectivity index (χ0v) is 75.6. The summed E-state index contributed by atoms with van der Waals surface area (Å²) >= 11 is 0. The minimum Gasteiger partial charge on any atom is -0.463 e. The number of phosphoric acid groups is 2. The molecule has 0 bridgehead atoms. The second-order valence-electron chi connectivity index (χ2n) is 30.7. The molecule has 0 radical (unpaired) electrons. The maximum Gasteiger partial charge on any atom is 0.472 e. The number of aliphatic hydroxyl groups is 2. The average molecular weight is 1680 g/mol. The fraction of sp³-hybridized carbons (Fsp3) is 0.687. The maximum atomic E-state index is 13.1. The molecule has 5 atom stereocenters. The van der Waals surface area contributed by atoms with Gasteiger partial charge in [0, 0.05) is 19.3 Å². The van der Waals surface area contributed by atoms with E-state index in [0.29, 0.717) is 19.3 Å². The highest BCUT2D eigenvalue weighted by Crippen LogP contribution is 2.45. The highest BCUT2D eigenvalue weighted by molar-refractivity contribution is 7.47. The standard InChI is InChI=1S/C99H168O16P2/c1-4-7-10-13-16-19-22-25-28-31-34-37-40-42-44-46-48-50-53-55-58-61-64-67-70-73-76-79-82-85-97(102)109-88-94(100)89-111-116(105,106)112-90-95(101)91-113-117(107,108)114-93-96(115-99(104)87-84-81-78-75-72-69-66-63-60-57-52-39-36-33-30-27-24-21-18-15-12-9-6-3)92-110-98(103)86-83-80-77-74-71-68-65-62-59-56-54-51-49-47-45-43-41-38-35-32-29-26-23-20-17-14-11-8-5-2/h7,10,16-21,25-30,34-39,42-45,48,50,57,60,94-96,100-101H,4-6,8-9,11-15,22-24,31-33,40-41,46-47,49,51-56,58-59,61-93H2,1-3H3,(H,105,106)(H,107,108)/b10-7-,19-16-,20-17-,21-18-,28-25-,29-26-,30-27-,37-34-,38-35-,39-36-,44-42-,45-43-,50-48-,60-57-. The minimum atomic E-state index is -4.95. The lowest BCUT2D eigenvalue weighted by Crippen LogP contribution is -2.30. The summed E-state index contributed by atoms with van der Waals surface area (Å²) < 4.78 is 61.5. The molecule has 0 saturated carbocycles. The van der Waals surface area contributed by atoms with Crippen molar-refractivity contribution in [2.45, 2.75) is 399 Å². The number of unbranched alkanes of at least 4 members (excludes halogenated alkanes) is 36. The molecule has 0 aliphatic carbocycles. The Hall–Kier alpha value is -5.09. The molecule has 0 saturated heterocycles. The molecular formula is C99H168O16P2. The van der Waals surface area contributed by atoms with Gasteiger partial charge < -0.3 is 34.2 Å². The Labute approximate surface area is 713 Å². The second kappa shape index (κ2) is 90.2. The molecule has 0 aromatic carbocycles. The van der Waals surface area contributed by atoms with Crippen molar-refractivity contribution in [1.82, 2.24) is 0 Å². The number of rotatable bonds is 87. The topological polar surface area (TPSA) is 231 Å². The van der Waals surface area contributed by atoms with Crippen molar-refractivity contribution in [3.05, 3.63) is 170 Å². The number of carbonyl (C=O) groups is 3. The molecule has 0 aliphatic heterocycles. The highest BCUT2D eigenvalue weighted by atomic mass is 31.2. The van der Waals surface area contributed by atoms with Gasteiger partial charge in [-0.1, -0.05) is 371 Å². The van der Waals surface area contributed by atoms with Crippen LogP contribution in [0.4, 0.5) is 0 Å². The van der Waals surface area contributed by atoms with Gasteiger partial charge in [-0.15, -0.1) is 0 Å². The highest BCUT2D eigenvalue weighted by Gasteiger charge is 2.29. The molecule has 16 nitrogen and oxygen atoms in total. The third-order valence-corrected chi connectivity index (χ3v) is 21.3. The average Bonchev–Trinajstić information content (AvgIpc) is 0.904. The van der Waals surface area contributed by atoms with E-state index in [2.05, 4.69) is 191 Å². The smallest absolute Gasteiger partial charge is 0.463 e. The molecule has 0 aromatic heterocycles. The molecule has 5 unspecified atom stereocenters. The summed E-state index contributed by atoms with van der Waals surface area (Å²) in [6, 6.07) is 0. The van der Waals surface area contributed by atoms with E-state index < -0.39 is 91.5 Å². The van der Waals surface area contributed by atoms with Crippen molar-refractivity contribution in [2.24, 2.45) is 0 Å². The number of carbonyl (C=O) groups excluding carboxylic acids is 3. The molecule has 117 heavy (non-hydrogen) atoms. The van der Waals surface area contributed by atoms with Crippen LogP contribution in [0.15, 0.2) is 170 Å². The number of phosphoric ester groups is 2. The van der Waals surface area contributed by atoms with E-state index in [1.165, 1.54) is 135 Å². The SMILES string of the molecule is CC/C=C\C/C=C\C/C=C\C/C=C\C/C=C\C/C=C\CCCCCCCCCCCCC(=O)OCC(O)COP(=O)(O)OCC(O)COP(=O)(O)OCC(COC(=O)CCCCCCCCCCCCCCC/C=C\C/C=C\C/C=C\C/C=C\CCCCC)OC(=O)CCCCCCCCC/C=C\C/C=C\C/C=C\C/C=C\CCCCC. The van der Waals surface area contributed by atoms with Crippen LogP contribution in [0.25, 0.3) is 0 Å². The number of allylic oxidation sites excluding steroid dienone is 28. The van der Waals surface area contributed by atoms with Crippen LogP contribution in [0.3, 0.4) is 0 Å². The third-order valence-electron chi connectivity index (χ3n) is 19.4. The summed E-state index contributed by atoms with van der Waals surface area (Å²) in [5.41, 5.74) is 0. The van der Waals surface area contributed by atoms with E-state index in [1.807, 2.05) is 0 Å². The Morgan fingerprint density at radius 1 is 0.248 bits per heavy atom. The van der Waals surface area contributed by atoms with Gasteiger partial charge in [-0.25, -0.2) is 9.13 Å². The largest absolute Gasteiger partial charge is 0.472 e. The number of esters is 3. The Kier molecular flexibility index (Phi) is 86.2. The Balaban J connectivity index is 4.66. The molecule has 4 N–H and O–H groups in total. The first kappa shape index (κ1) is 112. The molecular weight excluding hydrogens is 1510 g/mol. The van der Waals surface area contributed by atoms with Crippen molar-refractivity contribution in [3.63, 3.8) is 0 Å². The minimum absolute atomic E-state index is 0.0882. The molecule has 18 heteroatoms. The maximum absolute atomic E-state index is 13.1. The first-order valence-electron chi connectivity index (χ1n) is 46.4. The van der Waals surface area contributed by atoms with Gasteiger partial charge in [-0.05, 0) is 161 Å². The molecule has 0 rings (SSSR count). The van der Waals surface area contributed by atoms with Gasteiger partial charge in [0.2, 0.25) is 0 Å². The number of hydrogen-bond donors (Lipinski definition) is 4. The van der Waals surface area contributed by atoms with E-state index in [0.717, 1.165) is 186 Å². The van der Waals surface area contributed by atoms with Crippen LogP contribution in [0, 0.1) is 0 Å². The van der Waals surface area contributed by atoms with E-state index in [9.17, 15) is 43.5 Å². The molecule has 0 aliphatic rings. The number of aliphatic hydroxyl groups excluding tert-OH is 2. The Morgan fingerprint density at radius 2 is 0.453 bits per heavy atom. The lowest BCUT2D eigenvalue weighted by atomic mass is 10.0. The van der Waals surface area contributed by atoms with E-state index in [1.54, 1.807) is 0 Å². The normalized spacial score (nSPS) is 14.6. The van der Waals surface area contributed by atoms with E-state index >= 15 is 0 Å². The summed E-state index contributed by atoms with van der Waals surface area (Å²) in [5.74, 6) is -1.59. The van der Waals surface area contributed by atoms with Crippen molar-refractivity contribution in [1.29, 1.82) is 0 Å². The van der Waals surface area contributed by atoms with E-state index in [4.69, 9.17) is 32.3 Å². The first-order chi connectivity index (χ1) is 57.2. The monoisotopic (exact) mass is 1680 g/mol. The van der Waals surface area contributed by atoms with Crippen molar-refractivity contribution in [2.75, 3.05) is 39.6 Å². The van der Waals surface area contributed by atoms with Gasteiger partial charge in [0.1, 0.15) is 25.4 Å². The zero-order chi connectivity index (χ0) is 85.1. The van der Waals surface area contributed by atoms with Crippen molar-refractivity contribution < 1.29 is 75.8 Å². The van der Waals surface area contributed by atoms with Gasteiger partial charge >= 0.3 is 33.6 Å². The third kappa shape index (κ3) is 91.5. The predicted octanol–water partition coefficient (Wildman–Crippen LogP) is 28.7. The molecule has 0 heterocycles. The predicted molar refractivity (Wildman–Crippen MR) is 491 cm³/mol. The number of hydrogen-bond acceptors (Lipinski definition) is 14. The quantitative estimate of drug-likeness (QED) is 0.0146. The summed E-state index contributed by atoms with van der Waals surface area (Å²) in [7, 11) is -9.82. The lowest BCUT2D eigenvalue weighted by Gasteiger charge is -2.21. The summed E-state index contributed by atoms with van der Waals surface area (Å²) in [6.45, 7) is 2.53. The van der Waals surface area contributed by atoms with Crippen LogP contribution in [-0.2, 0) is 55.8 Å². The summed E-state index contributed by atoms with van der Waals surface area (Å²) in [6.07, 6.45) is 117. The lowest BCUT2D eigenvalue weighted by molar-refractivity contribution is -0.161. The van der Waals surface area contributed by atoms with Gasteiger partial charge in [-0.2, -0.15) is 0 Å². The van der Waals surface area contributed by atoms with Crippen LogP contribution in [-0.4, -0.2) is 95.9 Å². The van der Waals surface area contributed by atoms with Crippen molar-refractivity contribution >= 4 is 33.6 Å². The van der Waals surface area contributed by atoms with E-state index in [-0.39, 0.29) is 19.3 Å². The second-order valence-corrected chi connectivity index (χ2v) is 33.6. The Bertz CT molecular complexity index is 2810. The Morgan fingerprint density at radius 3 is 0.718 bits per heavy atom. The van der Waals surface area contributed by atoms with Crippen LogP contribution in [0.2, 0.25) is 0 Å². The summed E-state index contributed by atoms with van der Waals surface area (Å²) in [4.78, 5) is 59.0. The number of ether oxygens (including phenoxy) is 3. The van der Waals surface area contributed by atoms with Crippen molar-refractivity contribution in [3.8, 4) is 0 Å². The molecule has 0 fully saturated rings. The van der Waals surface area contributed by atoms with Gasteiger partial charge in [-0.3, -0.25) is 32.5 Å². The van der Waals surface area contributed by atoms with Crippen LogP contribution < -0.4 is 0 Å². The van der Waals surface area contributed by atoms with Gasteiger partial charge in [0.25, 0.3) is 0 Å². The zero-order valence-electron chi connectivity index (χ0n) is 73.8. The first-order valence-corrected chi connectivity index (χ1v) is 49.4. The van der Waals surface area contributed by atoms with Crippen LogP contribution in [0.1, 0.15) is 380 Å². The molecule has 0 spiro atoms. The van der Waals surface area contributed by atoms with Gasteiger partial charge in [0.15, 0.2) is 6.10 Å². The molecule has 670 valence electrons. The summed E-state index contributed by atoms with van der Waals surface area (Å²) in [5, 5.41) is 20.7. The van der Waals surface area contributed by atoms with Crippen LogP contribution in [0.5, 0.6) is 0 Å². The fourth-order valence-electron chi connectivity index (χ4n) is 12.4. The van der Waals surface area contributed by atoms with Gasteiger partial charge in [0.05, 0.1) is 26.4 Å². The molecule has 0 aromatic rings.